The van der Waals surface area contributed by atoms with E-state index < -0.39 is 15.9 Å². The average molecular weight is 477 g/mol. The van der Waals surface area contributed by atoms with Gasteiger partial charge in [-0.2, -0.15) is 0 Å². The molecule has 2 N–H and O–H groups in total. The topological polar surface area (TPSA) is 104 Å². The number of benzene rings is 2. The van der Waals surface area contributed by atoms with Crippen LogP contribution in [0.2, 0.25) is 5.02 Å². The monoisotopic (exact) mass is 476 g/mol. The van der Waals surface area contributed by atoms with Gasteiger partial charge in [-0.3, -0.25) is 14.9 Å². The van der Waals surface area contributed by atoms with Crippen LogP contribution in [0.25, 0.3) is 22.2 Å². The molecule has 0 bridgehead atoms. The summed E-state index contributed by atoms with van der Waals surface area (Å²) in [7, 11) is -1.56. The summed E-state index contributed by atoms with van der Waals surface area (Å²) in [6.07, 6.45) is 1.87. The molecule has 4 rings (SSSR count). The second-order valence-electron chi connectivity index (χ2n) is 6.48. The average Bonchev–Trinajstić information content (AvgIpc) is 3.39. The van der Waals surface area contributed by atoms with E-state index in [9.17, 15) is 13.2 Å². The van der Waals surface area contributed by atoms with Crippen molar-refractivity contribution >= 4 is 54.9 Å². The third-order valence-electron chi connectivity index (χ3n) is 4.66. The van der Waals surface area contributed by atoms with E-state index in [0.29, 0.717) is 9.60 Å². The van der Waals surface area contributed by atoms with Gasteiger partial charge >= 0.3 is 0 Å². The van der Waals surface area contributed by atoms with E-state index in [1.165, 1.54) is 43.7 Å². The Morgan fingerprint density at radius 2 is 2.03 bits per heavy atom. The number of nitrogens with one attached hydrogen (secondary N) is 2. The minimum absolute atomic E-state index is 0.0173. The summed E-state index contributed by atoms with van der Waals surface area (Å²) in [4.78, 5) is 24.9. The van der Waals surface area contributed by atoms with Gasteiger partial charge in [0.05, 0.1) is 17.8 Å². The summed E-state index contributed by atoms with van der Waals surface area (Å²) >= 11 is 7.32. The van der Waals surface area contributed by atoms with Gasteiger partial charge in [0.25, 0.3) is 15.9 Å². The number of hydrogen-bond acceptors (Lipinski definition) is 6. The van der Waals surface area contributed by atoms with Crippen LogP contribution in [0.1, 0.15) is 10.4 Å². The van der Waals surface area contributed by atoms with Crippen LogP contribution in [0.4, 0.5) is 5.13 Å². The number of anilines is 1. The normalized spacial score (nSPS) is 11.9. The first-order valence-electron chi connectivity index (χ1n) is 8.97. The van der Waals surface area contributed by atoms with Crippen molar-refractivity contribution in [2.75, 3.05) is 19.5 Å². The molecule has 0 aliphatic heterocycles. The predicted molar refractivity (Wildman–Crippen MR) is 121 cm³/mol. The molecule has 11 heteroatoms. The van der Waals surface area contributed by atoms with Crippen LogP contribution in [0.5, 0.6) is 0 Å². The molecule has 8 nitrogen and oxygen atoms in total. The number of hydrogen-bond donors (Lipinski definition) is 2. The van der Waals surface area contributed by atoms with Crippen molar-refractivity contribution in [3.63, 3.8) is 0 Å². The lowest BCUT2D eigenvalue weighted by Crippen LogP contribution is -2.26. The maximum atomic E-state index is 12.7. The molecule has 0 saturated heterocycles. The summed E-state index contributed by atoms with van der Waals surface area (Å²) in [6.45, 7) is 0. The van der Waals surface area contributed by atoms with Gasteiger partial charge in [-0.1, -0.05) is 34.3 Å². The van der Waals surface area contributed by atoms with Gasteiger partial charge < -0.3 is 4.98 Å². The maximum Gasteiger partial charge on any atom is 0.266 e. The van der Waals surface area contributed by atoms with Crippen molar-refractivity contribution in [2.24, 2.45) is 0 Å². The number of H-pyrrole nitrogens is 1. The molecule has 160 valence electrons. The highest BCUT2D eigenvalue weighted by atomic mass is 35.5. The van der Waals surface area contributed by atoms with E-state index in [1.807, 2.05) is 35.8 Å². The molecule has 0 aliphatic carbocycles. The zero-order valence-corrected chi connectivity index (χ0v) is 18.8. The number of sulfonamides is 1. The van der Waals surface area contributed by atoms with Crippen molar-refractivity contribution < 1.29 is 18.0 Å². The third-order valence-corrected chi connectivity index (χ3v) is 7.58. The Hall–Kier alpha value is -2.76. The van der Waals surface area contributed by atoms with Crippen LogP contribution in [0.3, 0.4) is 0 Å². The van der Waals surface area contributed by atoms with Crippen molar-refractivity contribution in [1.29, 1.82) is 0 Å². The summed E-state index contributed by atoms with van der Waals surface area (Å²) in [6, 6.07) is 11.9. The number of fused-ring (bicyclic) bond motifs is 1. The Labute approximate surface area is 187 Å². The highest BCUT2D eigenvalue weighted by Gasteiger charge is 2.25. The number of aromatic amines is 1. The molecule has 0 spiro atoms. The Morgan fingerprint density at radius 3 is 2.81 bits per heavy atom. The number of aromatic nitrogens is 2. The summed E-state index contributed by atoms with van der Waals surface area (Å²) in [5.41, 5.74) is 2.76. The minimum atomic E-state index is -4.01. The molecule has 1 amide bonds. The molecular formula is C20H17ClN4O4S2. The number of halogens is 1. The Morgan fingerprint density at radius 1 is 1.26 bits per heavy atom. The molecule has 4 aromatic rings. The van der Waals surface area contributed by atoms with Crippen LogP contribution in [0.15, 0.2) is 58.9 Å². The summed E-state index contributed by atoms with van der Waals surface area (Å²) in [5, 5.41) is 5.95. The Kier molecular flexibility index (Phi) is 5.82. The predicted octanol–water partition coefficient (Wildman–Crippen LogP) is 4.38. The lowest BCUT2D eigenvalue weighted by Gasteiger charge is -2.15. The third kappa shape index (κ3) is 4.08. The number of hydroxylamine groups is 1. The summed E-state index contributed by atoms with van der Waals surface area (Å²) in [5.74, 6) is -0.506. The number of thiazole rings is 1. The van der Waals surface area contributed by atoms with E-state index in [2.05, 4.69) is 15.3 Å². The van der Waals surface area contributed by atoms with E-state index >= 15 is 0 Å². The SMILES string of the molecule is CON(C)S(=O)(=O)c1cc(C(=O)Nc2nc(-c3c[nH]c4ccccc34)cs2)ccc1Cl. The van der Waals surface area contributed by atoms with Gasteiger partial charge in [0.1, 0.15) is 4.90 Å². The van der Waals surface area contributed by atoms with Gasteiger partial charge in [-0.15, -0.1) is 11.3 Å². The lowest BCUT2D eigenvalue weighted by molar-refractivity contribution is -0.0258. The molecule has 2 aromatic carbocycles. The van der Waals surface area contributed by atoms with Crippen LogP contribution < -0.4 is 5.32 Å². The van der Waals surface area contributed by atoms with Crippen LogP contribution >= 0.6 is 22.9 Å². The molecule has 2 heterocycles. The number of carbonyl (C=O) groups is 1. The van der Waals surface area contributed by atoms with Gasteiger partial charge in [0.15, 0.2) is 5.13 Å². The molecular weight excluding hydrogens is 460 g/mol. The molecule has 0 aliphatic rings. The molecule has 0 unspecified atom stereocenters. The standard InChI is InChI=1S/C20H17ClN4O4S2/c1-25(29-2)31(27,28)18-9-12(7-8-15(18)21)19(26)24-20-23-17(11-30-20)14-10-22-16-6-4-3-5-13(14)16/h3-11,22H,1-2H3,(H,23,24,26). The molecule has 2 aromatic heterocycles. The number of amides is 1. The molecule has 0 saturated carbocycles. The highest BCUT2D eigenvalue weighted by Crippen LogP contribution is 2.31. The molecule has 0 atom stereocenters. The zero-order valence-electron chi connectivity index (χ0n) is 16.4. The molecule has 31 heavy (non-hydrogen) atoms. The zero-order chi connectivity index (χ0) is 22.2. The van der Waals surface area contributed by atoms with E-state index in [-0.39, 0.29) is 15.5 Å². The fraction of sp³-hybridized carbons (Fsp3) is 0.100. The van der Waals surface area contributed by atoms with Crippen molar-refractivity contribution in [2.45, 2.75) is 4.90 Å². The van der Waals surface area contributed by atoms with Gasteiger partial charge in [-0.05, 0) is 24.3 Å². The van der Waals surface area contributed by atoms with Crippen molar-refractivity contribution in [1.82, 2.24) is 14.4 Å². The second-order valence-corrected chi connectivity index (χ2v) is 9.65. The van der Waals surface area contributed by atoms with E-state index in [0.717, 1.165) is 22.2 Å². The van der Waals surface area contributed by atoms with E-state index in [4.69, 9.17) is 16.4 Å². The van der Waals surface area contributed by atoms with Crippen LogP contribution in [-0.4, -0.2) is 42.9 Å². The quantitative estimate of drug-likeness (QED) is 0.402. The fourth-order valence-corrected chi connectivity index (χ4v) is 5.17. The smallest absolute Gasteiger partial charge is 0.266 e. The van der Waals surface area contributed by atoms with Gasteiger partial charge in [-0.25, -0.2) is 13.4 Å². The number of para-hydroxylation sites is 1. The van der Waals surface area contributed by atoms with Crippen molar-refractivity contribution in [3.8, 4) is 11.3 Å². The largest absolute Gasteiger partial charge is 0.360 e. The first-order valence-corrected chi connectivity index (χ1v) is 11.7. The van der Waals surface area contributed by atoms with Gasteiger partial charge in [0.2, 0.25) is 0 Å². The van der Waals surface area contributed by atoms with Crippen LogP contribution in [-0.2, 0) is 14.9 Å². The number of rotatable bonds is 6. The van der Waals surface area contributed by atoms with Crippen molar-refractivity contribution in [3.05, 3.63) is 64.6 Å². The molecule has 0 radical (unpaired) electrons. The number of nitrogens with zero attached hydrogens (tertiary/aromatic N) is 2. The number of carbonyl (C=O) groups excluding carboxylic acids is 1. The minimum Gasteiger partial charge on any atom is -0.360 e. The van der Waals surface area contributed by atoms with Gasteiger partial charge in [0, 0.05) is 40.7 Å². The second kappa shape index (κ2) is 8.40. The first-order chi connectivity index (χ1) is 14.8. The Bertz CT molecular complexity index is 1380. The van der Waals surface area contributed by atoms with Crippen LogP contribution in [0, 0.1) is 0 Å². The molecule has 0 fully saturated rings. The fourth-order valence-electron chi connectivity index (χ4n) is 2.99. The van der Waals surface area contributed by atoms with E-state index in [1.54, 1.807) is 0 Å². The first kappa shape index (κ1) is 21.5. The Balaban J connectivity index is 1.59. The summed E-state index contributed by atoms with van der Waals surface area (Å²) < 4.78 is 25.7. The lowest BCUT2D eigenvalue weighted by atomic mass is 10.1. The highest BCUT2D eigenvalue weighted by molar-refractivity contribution is 7.89. The maximum absolute atomic E-state index is 12.7.